The Morgan fingerprint density at radius 3 is 2.43 bits per heavy atom. The molecule has 0 atom stereocenters. The zero-order chi connectivity index (χ0) is 26.3. The van der Waals surface area contributed by atoms with Crippen molar-refractivity contribution in [1.82, 2.24) is 19.5 Å². The first kappa shape index (κ1) is 25.0. The molecule has 5 nitrogen and oxygen atoms in total. The van der Waals surface area contributed by atoms with Crippen molar-refractivity contribution in [3.05, 3.63) is 98.6 Å². The fourth-order valence-corrected chi connectivity index (χ4v) is 5.50. The third-order valence-corrected chi connectivity index (χ3v) is 7.29. The maximum absolute atomic E-state index is 14.5. The van der Waals surface area contributed by atoms with Gasteiger partial charge in [-0.25, -0.2) is 9.37 Å². The van der Waals surface area contributed by atoms with E-state index in [0.29, 0.717) is 42.5 Å². The number of rotatable bonds is 4. The first-order valence-corrected chi connectivity index (χ1v) is 12.3. The third kappa shape index (κ3) is 4.86. The molecule has 5 rings (SSSR count). The zero-order valence-electron chi connectivity index (χ0n) is 20.5. The Morgan fingerprint density at radius 1 is 1.00 bits per heavy atom. The van der Waals surface area contributed by atoms with Crippen LogP contribution >= 0.6 is 0 Å². The molecule has 1 fully saturated rings. The van der Waals surface area contributed by atoms with E-state index in [-0.39, 0.29) is 35.5 Å². The van der Waals surface area contributed by atoms with Crippen molar-refractivity contribution in [2.24, 2.45) is 0 Å². The molecule has 0 radical (unpaired) electrons. The summed E-state index contributed by atoms with van der Waals surface area (Å²) in [6, 6.07) is 8.98. The summed E-state index contributed by atoms with van der Waals surface area (Å²) in [5.74, 6) is -0.260. The van der Waals surface area contributed by atoms with Gasteiger partial charge in [0.2, 0.25) is 0 Å². The first-order chi connectivity index (χ1) is 17.6. The van der Waals surface area contributed by atoms with Crippen LogP contribution in [0.1, 0.15) is 71.2 Å². The molecule has 3 aromatic heterocycles. The summed E-state index contributed by atoms with van der Waals surface area (Å²) in [4.78, 5) is 26.5. The molecule has 1 aliphatic rings. The van der Waals surface area contributed by atoms with Crippen molar-refractivity contribution in [3.8, 4) is 0 Å². The fourth-order valence-electron chi connectivity index (χ4n) is 5.50. The van der Waals surface area contributed by atoms with Crippen molar-refractivity contribution in [1.29, 1.82) is 0 Å². The predicted molar refractivity (Wildman–Crippen MR) is 132 cm³/mol. The molecule has 0 N–H and O–H groups in total. The molecule has 0 bridgehead atoms. The van der Waals surface area contributed by atoms with Crippen LogP contribution in [0.3, 0.4) is 0 Å². The van der Waals surface area contributed by atoms with Gasteiger partial charge in [0, 0.05) is 18.0 Å². The van der Waals surface area contributed by atoms with E-state index in [9.17, 15) is 22.4 Å². The lowest BCUT2D eigenvalue weighted by Crippen LogP contribution is -2.29. The van der Waals surface area contributed by atoms with Gasteiger partial charge in [0.15, 0.2) is 5.65 Å². The molecule has 0 spiro atoms. The molecule has 0 unspecified atom stereocenters. The van der Waals surface area contributed by atoms with Crippen LogP contribution in [0.5, 0.6) is 0 Å². The van der Waals surface area contributed by atoms with Crippen LogP contribution in [0.15, 0.2) is 53.6 Å². The van der Waals surface area contributed by atoms with Gasteiger partial charge >= 0.3 is 6.18 Å². The number of nitrogens with zero attached hydrogens (tertiary/aromatic N) is 4. The normalized spacial score (nSPS) is 18.3. The number of alkyl halides is 3. The van der Waals surface area contributed by atoms with Crippen molar-refractivity contribution < 1.29 is 17.6 Å². The average Bonchev–Trinajstić information content (AvgIpc) is 2.86. The van der Waals surface area contributed by atoms with Crippen LogP contribution in [-0.2, 0) is 12.7 Å². The van der Waals surface area contributed by atoms with Gasteiger partial charge in [-0.3, -0.25) is 19.3 Å². The third-order valence-electron chi connectivity index (χ3n) is 7.29. The van der Waals surface area contributed by atoms with Gasteiger partial charge in [0.1, 0.15) is 11.3 Å². The van der Waals surface area contributed by atoms with E-state index in [1.165, 1.54) is 22.9 Å². The van der Waals surface area contributed by atoms with E-state index in [1.807, 2.05) is 13.0 Å². The van der Waals surface area contributed by atoms with Crippen LogP contribution in [-0.4, -0.2) is 19.5 Å². The number of pyridine rings is 2. The number of benzene rings is 1. The summed E-state index contributed by atoms with van der Waals surface area (Å²) in [6.45, 7) is 3.24. The molecule has 37 heavy (non-hydrogen) atoms. The topological polar surface area (TPSA) is 60.7 Å². The van der Waals surface area contributed by atoms with Crippen molar-refractivity contribution in [2.45, 2.75) is 64.1 Å². The highest BCUT2D eigenvalue weighted by atomic mass is 19.4. The van der Waals surface area contributed by atoms with Crippen molar-refractivity contribution in [3.63, 3.8) is 0 Å². The number of fused-ring (bicyclic) bond motifs is 1. The molecule has 1 saturated carbocycles. The number of aryl methyl sites for hydroxylation is 2. The summed E-state index contributed by atoms with van der Waals surface area (Å²) in [5, 5.41) is 0. The minimum atomic E-state index is -4.61. The van der Waals surface area contributed by atoms with E-state index in [4.69, 9.17) is 0 Å². The second kappa shape index (κ2) is 9.68. The first-order valence-electron chi connectivity index (χ1n) is 12.3. The van der Waals surface area contributed by atoms with Crippen LogP contribution in [0, 0.1) is 19.7 Å². The van der Waals surface area contributed by atoms with Gasteiger partial charge in [-0.1, -0.05) is 12.1 Å². The maximum atomic E-state index is 14.5. The highest BCUT2D eigenvalue weighted by Crippen LogP contribution is 2.41. The molecular weight excluding hydrogens is 484 g/mol. The largest absolute Gasteiger partial charge is 0.418 e. The highest BCUT2D eigenvalue weighted by molar-refractivity contribution is 5.71. The van der Waals surface area contributed by atoms with Crippen LogP contribution in [0.2, 0.25) is 0 Å². The second-order valence-electron chi connectivity index (χ2n) is 9.73. The Bertz CT molecular complexity index is 1500. The summed E-state index contributed by atoms with van der Waals surface area (Å²) >= 11 is 0. The number of hydrogen-bond donors (Lipinski definition) is 0. The van der Waals surface area contributed by atoms with E-state index < -0.39 is 17.3 Å². The summed E-state index contributed by atoms with van der Waals surface area (Å²) in [7, 11) is 0. The molecule has 4 aromatic rings. The van der Waals surface area contributed by atoms with Crippen LogP contribution in [0.25, 0.3) is 11.2 Å². The van der Waals surface area contributed by atoms with E-state index in [0.717, 1.165) is 17.2 Å². The Morgan fingerprint density at radius 2 is 1.73 bits per heavy atom. The Balaban J connectivity index is 1.53. The summed E-state index contributed by atoms with van der Waals surface area (Å²) in [6.07, 6.45) is 0.992. The summed E-state index contributed by atoms with van der Waals surface area (Å²) < 4.78 is 56.8. The van der Waals surface area contributed by atoms with Crippen LogP contribution < -0.4 is 5.56 Å². The molecule has 0 amide bonds. The zero-order valence-corrected chi connectivity index (χ0v) is 20.5. The molecule has 3 heterocycles. The lowest BCUT2D eigenvalue weighted by Gasteiger charge is -2.30. The van der Waals surface area contributed by atoms with E-state index in [2.05, 4.69) is 15.0 Å². The number of halogens is 4. The molecule has 192 valence electrons. The lowest BCUT2D eigenvalue weighted by molar-refractivity contribution is -0.138. The second-order valence-corrected chi connectivity index (χ2v) is 9.73. The highest BCUT2D eigenvalue weighted by Gasteiger charge is 2.34. The maximum Gasteiger partial charge on any atom is 0.418 e. The van der Waals surface area contributed by atoms with E-state index >= 15 is 0 Å². The molecule has 0 saturated heterocycles. The standard InChI is InChI=1S/C28H26F4N4O/c1-16-5-3-7-22(29)25(16)19-10-8-18(9-11-19)20-13-23-26(35-17(2)14-34-23)36(27(20)37)15-24-21(28(30,31)32)6-4-12-33-24/h3-7,12-14,18-19H,8-11,15H2,1-2H3. The van der Waals surface area contributed by atoms with Crippen molar-refractivity contribution >= 4 is 11.2 Å². The average molecular weight is 511 g/mol. The van der Waals surface area contributed by atoms with Crippen molar-refractivity contribution in [2.75, 3.05) is 0 Å². The lowest BCUT2D eigenvalue weighted by atomic mass is 9.75. The fraction of sp³-hybridized carbons (Fsp3) is 0.357. The molecular formula is C28H26F4N4O. The molecule has 0 aliphatic heterocycles. The Hall–Kier alpha value is -3.62. The number of hydrogen-bond acceptors (Lipinski definition) is 4. The minimum Gasteiger partial charge on any atom is -0.285 e. The van der Waals surface area contributed by atoms with Gasteiger partial charge in [-0.2, -0.15) is 13.2 Å². The molecule has 1 aliphatic carbocycles. The SMILES string of the molecule is Cc1cnc2cc(C3CCC(c4c(C)cccc4F)CC3)c(=O)n(Cc3ncccc3C(F)(F)F)c2n1. The van der Waals surface area contributed by atoms with Gasteiger partial charge in [-0.05, 0) is 86.8 Å². The van der Waals surface area contributed by atoms with Gasteiger partial charge < -0.3 is 0 Å². The van der Waals surface area contributed by atoms with Gasteiger partial charge in [-0.15, -0.1) is 0 Å². The number of aromatic nitrogens is 4. The Labute approximate surface area is 211 Å². The van der Waals surface area contributed by atoms with Gasteiger partial charge in [0.05, 0.1) is 23.5 Å². The predicted octanol–water partition coefficient (Wildman–Crippen LogP) is 6.45. The summed E-state index contributed by atoms with van der Waals surface area (Å²) in [5.41, 5.74) is 1.83. The quantitative estimate of drug-likeness (QED) is 0.296. The van der Waals surface area contributed by atoms with E-state index in [1.54, 1.807) is 25.3 Å². The Kier molecular flexibility index (Phi) is 6.56. The minimum absolute atomic E-state index is 0.0606. The van der Waals surface area contributed by atoms with Gasteiger partial charge in [0.25, 0.3) is 5.56 Å². The smallest absolute Gasteiger partial charge is 0.285 e. The monoisotopic (exact) mass is 510 g/mol. The van der Waals surface area contributed by atoms with Crippen LogP contribution in [0.4, 0.5) is 17.6 Å². The molecule has 1 aromatic carbocycles. The molecule has 9 heteroatoms.